The fourth-order valence-electron chi connectivity index (χ4n) is 2.86. The van der Waals surface area contributed by atoms with Crippen molar-refractivity contribution in [3.63, 3.8) is 0 Å². The Labute approximate surface area is 156 Å². The number of aromatic nitrogens is 1. The van der Waals surface area contributed by atoms with Gasteiger partial charge in [0.1, 0.15) is 17.7 Å². The molecule has 1 aliphatic heterocycles. The molecule has 25 heavy (non-hydrogen) atoms. The van der Waals surface area contributed by atoms with Gasteiger partial charge in [-0.2, -0.15) is 0 Å². The molecule has 0 fully saturated rings. The molecule has 2 heterocycles. The summed E-state index contributed by atoms with van der Waals surface area (Å²) in [5, 5.41) is 3.65. The first-order chi connectivity index (χ1) is 12.0. The minimum absolute atomic E-state index is 0.0113. The molecule has 0 aliphatic carbocycles. The third-order valence-electron chi connectivity index (χ3n) is 4.26. The number of nitrogens with one attached hydrogen (secondary N) is 1. The lowest BCUT2D eigenvalue weighted by atomic mass is 10.0. The number of hydrogen-bond donors (Lipinski definition) is 1. The molecule has 132 valence electrons. The molecule has 0 saturated carbocycles. The zero-order valence-electron chi connectivity index (χ0n) is 14.1. The number of hydrogen-bond acceptors (Lipinski definition) is 3. The Morgan fingerprint density at radius 1 is 1.32 bits per heavy atom. The molecule has 0 radical (unpaired) electrons. The first kappa shape index (κ1) is 18.2. The number of ether oxygens (including phenoxy) is 1. The van der Waals surface area contributed by atoms with Crippen LogP contribution in [0.5, 0.6) is 5.75 Å². The number of benzene rings is 1. The number of nitrogens with zero attached hydrogens (tertiary/aromatic N) is 1. The second-order valence-electron chi connectivity index (χ2n) is 6.01. The van der Waals surface area contributed by atoms with Crippen LogP contribution >= 0.6 is 23.2 Å². The molecule has 0 saturated heterocycles. The van der Waals surface area contributed by atoms with Crippen molar-refractivity contribution in [1.29, 1.82) is 0 Å². The minimum Gasteiger partial charge on any atom is -0.484 e. The summed E-state index contributed by atoms with van der Waals surface area (Å²) in [7, 11) is 0. The summed E-state index contributed by atoms with van der Waals surface area (Å²) in [6.45, 7) is 5.46. The summed E-state index contributed by atoms with van der Waals surface area (Å²) in [6.07, 6.45) is 4.45. The molecule has 2 aromatic rings. The van der Waals surface area contributed by atoms with Crippen molar-refractivity contribution in [2.45, 2.75) is 26.4 Å². The molecule has 0 amide bonds. The van der Waals surface area contributed by atoms with Crippen molar-refractivity contribution in [3.05, 3.63) is 63.2 Å². The van der Waals surface area contributed by atoms with Crippen LogP contribution in [0.1, 0.15) is 36.3 Å². The Bertz CT molecular complexity index is 823. The van der Waals surface area contributed by atoms with Crippen LogP contribution in [0.15, 0.2) is 30.5 Å². The van der Waals surface area contributed by atoms with Gasteiger partial charge in [0.25, 0.3) is 0 Å². The summed E-state index contributed by atoms with van der Waals surface area (Å²) in [6, 6.07) is 4.70. The maximum absolute atomic E-state index is 13.8. The molecule has 1 unspecified atom stereocenters. The summed E-state index contributed by atoms with van der Waals surface area (Å²) in [5.74, 6) is 0.126. The molecule has 1 aromatic heterocycles. The van der Waals surface area contributed by atoms with Crippen LogP contribution in [-0.4, -0.2) is 18.1 Å². The van der Waals surface area contributed by atoms with E-state index in [9.17, 15) is 4.39 Å². The lowest BCUT2D eigenvalue weighted by molar-refractivity contribution is 0.224. The first-order valence-electron chi connectivity index (χ1n) is 8.14. The van der Waals surface area contributed by atoms with Gasteiger partial charge in [0, 0.05) is 23.3 Å². The van der Waals surface area contributed by atoms with Gasteiger partial charge < -0.3 is 10.1 Å². The maximum Gasteiger partial charge on any atom is 0.142 e. The Kier molecular flexibility index (Phi) is 5.62. The highest BCUT2D eigenvalue weighted by atomic mass is 35.5. The molecule has 1 aromatic carbocycles. The van der Waals surface area contributed by atoms with E-state index in [1.165, 1.54) is 17.7 Å². The van der Waals surface area contributed by atoms with E-state index in [0.29, 0.717) is 16.3 Å². The van der Waals surface area contributed by atoms with Gasteiger partial charge >= 0.3 is 0 Å². The normalized spacial score (nSPS) is 15.6. The lowest BCUT2D eigenvalue weighted by Gasteiger charge is -2.20. The van der Waals surface area contributed by atoms with E-state index >= 15 is 0 Å². The Balaban J connectivity index is 1.90. The van der Waals surface area contributed by atoms with Crippen LogP contribution in [0.25, 0.3) is 5.57 Å². The largest absolute Gasteiger partial charge is 0.484 e. The molecule has 1 N–H and O–H groups in total. The predicted octanol–water partition coefficient (Wildman–Crippen LogP) is 5.35. The smallest absolute Gasteiger partial charge is 0.142 e. The third-order valence-corrected chi connectivity index (χ3v) is 4.98. The molecule has 3 rings (SSSR count). The third kappa shape index (κ3) is 3.97. The predicted molar refractivity (Wildman–Crippen MR) is 99.9 cm³/mol. The van der Waals surface area contributed by atoms with Crippen molar-refractivity contribution >= 4 is 28.8 Å². The Hall–Kier alpha value is -1.62. The van der Waals surface area contributed by atoms with Crippen LogP contribution in [0.3, 0.4) is 0 Å². The van der Waals surface area contributed by atoms with Crippen molar-refractivity contribution in [1.82, 2.24) is 10.3 Å². The van der Waals surface area contributed by atoms with Crippen LogP contribution < -0.4 is 10.1 Å². The average Bonchev–Trinajstić information content (AvgIpc) is 2.61. The molecule has 6 heteroatoms. The zero-order valence-corrected chi connectivity index (χ0v) is 15.6. The van der Waals surface area contributed by atoms with Crippen LogP contribution in [0.2, 0.25) is 10.0 Å². The van der Waals surface area contributed by atoms with E-state index in [1.807, 2.05) is 19.2 Å². The topological polar surface area (TPSA) is 34.2 Å². The number of rotatable bonds is 4. The van der Waals surface area contributed by atoms with E-state index < -0.39 is 11.9 Å². The summed E-state index contributed by atoms with van der Waals surface area (Å²) >= 11 is 12.3. The Morgan fingerprint density at radius 2 is 2.12 bits per heavy atom. The second-order valence-corrected chi connectivity index (χ2v) is 6.79. The summed E-state index contributed by atoms with van der Waals surface area (Å²) in [4.78, 5) is 4.44. The molecular weight excluding hydrogens is 362 g/mol. The van der Waals surface area contributed by atoms with Gasteiger partial charge in [0.15, 0.2) is 0 Å². The highest BCUT2D eigenvalue weighted by Gasteiger charge is 2.20. The zero-order chi connectivity index (χ0) is 18.0. The fraction of sp³-hybridized carbons (Fsp3) is 0.316. The molecule has 1 atom stereocenters. The van der Waals surface area contributed by atoms with Crippen molar-refractivity contribution in [3.8, 4) is 5.75 Å². The molecule has 0 bridgehead atoms. The minimum atomic E-state index is -0.514. The van der Waals surface area contributed by atoms with Crippen LogP contribution in [-0.2, 0) is 0 Å². The first-order valence-corrected chi connectivity index (χ1v) is 8.89. The SMILES string of the molecule is Cc1ncc(C2=CCNCC2)cc1OC(C)c1c(Cl)ccc(F)c1Cl. The van der Waals surface area contributed by atoms with Crippen molar-refractivity contribution < 1.29 is 9.13 Å². The van der Waals surface area contributed by atoms with Crippen LogP contribution in [0, 0.1) is 12.7 Å². The molecule has 1 aliphatic rings. The van der Waals surface area contributed by atoms with Gasteiger partial charge in [-0.1, -0.05) is 29.3 Å². The van der Waals surface area contributed by atoms with E-state index in [4.69, 9.17) is 27.9 Å². The quantitative estimate of drug-likeness (QED) is 0.725. The van der Waals surface area contributed by atoms with Gasteiger partial charge in [-0.3, -0.25) is 4.98 Å². The standard InChI is InChI=1S/C19H19Cl2FN2O/c1-11-17(9-14(10-24-11)13-5-7-23-8-6-13)25-12(2)18-15(20)3-4-16(22)19(18)21/h3-5,9-10,12,23H,6-8H2,1-2H3. The van der Waals surface area contributed by atoms with E-state index in [1.54, 1.807) is 6.92 Å². The van der Waals surface area contributed by atoms with Crippen molar-refractivity contribution in [2.24, 2.45) is 0 Å². The van der Waals surface area contributed by atoms with Crippen molar-refractivity contribution in [2.75, 3.05) is 13.1 Å². The monoisotopic (exact) mass is 380 g/mol. The second kappa shape index (κ2) is 7.73. The number of pyridine rings is 1. The fourth-order valence-corrected chi connectivity index (χ4v) is 3.54. The average molecular weight is 381 g/mol. The highest BCUT2D eigenvalue weighted by molar-refractivity contribution is 6.36. The summed E-state index contributed by atoms with van der Waals surface area (Å²) in [5.41, 5.74) is 3.47. The molecule has 0 spiro atoms. The summed E-state index contributed by atoms with van der Waals surface area (Å²) < 4.78 is 19.8. The van der Waals surface area contributed by atoms with E-state index in [0.717, 1.165) is 30.8 Å². The Morgan fingerprint density at radius 3 is 2.84 bits per heavy atom. The number of halogens is 3. The van der Waals surface area contributed by atoms with E-state index in [-0.39, 0.29) is 5.02 Å². The van der Waals surface area contributed by atoms with Gasteiger partial charge in [-0.05, 0) is 56.1 Å². The van der Waals surface area contributed by atoms with Gasteiger partial charge in [0.05, 0.1) is 10.7 Å². The highest BCUT2D eigenvalue weighted by Crippen LogP contribution is 2.36. The van der Waals surface area contributed by atoms with E-state index in [2.05, 4.69) is 16.4 Å². The van der Waals surface area contributed by atoms with Crippen LogP contribution in [0.4, 0.5) is 4.39 Å². The molecule has 3 nitrogen and oxygen atoms in total. The molecular formula is C19H19Cl2FN2O. The number of aryl methyl sites for hydroxylation is 1. The lowest BCUT2D eigenvalue weighted by Crippen LogP contribution is -2.20. The maximum atomic E-state index is 13.8. The van der Waals surface area contributed by atoms with Gasteiger partial charge in [-0.25, -0.2) is 4.39 Å². The van der Waals surface area contributed by atoms with Gasteiger partial charge in [-0.15, -0.1) is 0 Å². The van der Waals surface area contributed by atoms with Gasteiger partial charge in [0.2, 0.25) is 0 Å².